The minimum atomic E-state index is -0.286. The second-order valence-electron chi connectivity index (χ2n) is 4.39. The molecule has 2 aromatic carbocycles. The van der Waals surface area contributed by atoms with Crippen LogP contribution < -0.4 is 20.9 Å². The molecule has 0 amide bonds. The number of ether oxygens (including phenoxy) is 2. The minimum Gasteiger partial charge on any atom is -1.00 e. The zero-order valence-corrected chi connectivity index (χ0v) is 16.1. The van der Waals surface area contributed by atoms with Crippen LogP contribution >= 0.6 is 0 Å². The summed E-state index contributed by atoms with van der Waals surface area (Å²) in [5.74, 6) is 0.613. The Hall–Kier alpha value is -1.93. The van der Waals surface area contributed by atoms with E-state index < -0.39 is 0 Å². The number of esters is 2. The van der Waals surface area contributed by atoms with Gasteiger partial charge in [-0.2, -0.15) is 0 Å². The van der Waals surface area contributed by atoms with Crippen molar-refractivity contribution in [2.24, 2.45) is 11.5 Å². The quantitative estimate of drug-likeness (QED) is 0.494. The number of carbonyl (C=O) groups is 2. The van der Waals surface area contributed by atoms with Gasteiger partial charge >= 0.3 is 35.0 Å². The van der Waals surface area contributed by atoms with Gasteiger partial charge in [0.2, 0.25) is 0 Å². The number of para-hydroxylation sites is 2. The van der Waals surface area contributed by atoms with Crippen molar-refractivity contribution in [2.75, 3.05) is 13.1 Å². The molecule has 0 unspecified atom stereocenters. The third kappa shape index (κ3) is 16.7. The largest absolute Gasteiger partial charge is 2.00 e. The van der Waals surface area contributed by atoms with Gasteiger partial charge in [-0.25, -0.2) is 0 Å². The van der Waals surface area contributed by atoms with Crippen molar-refractivity contribution in [3.8, 4) is 11.5 Å². The molecule has 0 radical (unpaired) electrons. The molecule has 0 aliphatic carbocycles. The van der Waals surface area contributed by atoms with E-state index in [2.05, 4.69) is 0 Å². The molecule has 0 bridgehead atoms. The molecule has 2 rings (SSSR count). The summed E-state index contributed by atoms with van der Waals surface area (Å²) in [5, 5.41) is 0. The van der Waals surface area contributed by atoms with Crippen molar-refractivity contribution in [1.82, 2.24) is 0 Å². The normalized spacial score (nSPS) is 8.32. The number of carbonyl (C=O) groups excluding carboxylic acids is 2. The number of hydrogen-bond donors (Lipinski definition) is 2. The Labute approximate surface area is 167 Å². The van der Waals surface area contributed by atoms with Crippen LogP contribution in [-0.4, -0.2) is 48.1 Å². The van der Waals surface area contributed by atoms with Crippen LogP contribution in [0.25, 0.3) is 0 Å². The third-order valence-corrected chi connectivity index (χ3v) is 2.18. The first-order valence-electron chi connectivity index (χ1n) is 7.36. The first-order valence-corrected chi connectivity index (χ1v) is 7.36. The van der Waals surface area contributed by atoms with E-state index in [1.807, 2.05) is 36.4 Å². The molecule has 7 heteroatoms. The average Bonchev–Trinajstić information content (AvgIpc) is 2.56. The first-order chi connectivity index (χ1) is 11.5. The Bertz CT molecular complexity index is 537. The molecule has 0 aliphatic rings. The summed E-state index contributed by atoms with van der Waals surface area (Å²) in [7, 11) is 0. The fraction of sp³-hybridized carbons (Fsp3) is 0.222. The van der Waals surface area contributed by atoms with E-state index in [1.54, 1.807) is 24.3 Å². The Kier molecular flexibility index (Phi) is 17.1. The van der Waals surface area contributed by atoms with E-state index in [-0.39, 0.29) is 37.8 Å². The maximum absolute atomic E-state index is 10.4. The second kappa shape index (κ2) is 16.9. The van der Waals surface area contributed by atoms with Gasteiger partial charge in [-0.3, -0.25) is 9.59 Å². The predicted molar refractivity (Wildman–Crippen MR) is 102 cm³/mol. The van der Waals surface area contributed by atoms with E-state index in [4.69, 9.17) is 20.9 Å². The number of benzene rings is 2. The van der Waals surface area contributed by atoms with Crippen LogP contribution in [0.15, 0.2) is 60.7 Å². The van der Waals surface area contributed by atoms with Gasteiger partial charge in [-0.05, 0) is 24.3 Å². The second-order valence-corrected chi connectivity index (χ2v) is 4.39. The summed E-state index contributed by atoms with van der Waals surface area (Å²) in [6.45, 7) is 3.96. The van der Waals surface area contributed by atoms with Crippen LogP contribution in [0, 0.1) is 0 Å². The standard InChI is InChI=1S/2C8H8O2.C2H8N2.Mg.2H/c2*1-7(9)10-8-5-3-2-4-6-8;3-1-2-4;;;/h2*2-6H,1H3;1-4H2;;;/q;;;+2;2*-1. The van der Waals surface area contributed by atoms with Gasteiger partial charge in [0.25, 0.3) is 0 Å². The van der Waals surface area contributed by atoms with E-state index in [0.29, 0.717) is 24.6 Å². The molecule has 0 spiro atoms. The Morgan fingerprint density at radius 3 is 1.24 bits per heavy atom. The van der Waals surface area contributed by atoms with Gasteiger partial charge < -0.3 is 23.8 Å². The van der Waals surface area contributed by atoms with E-state index in [0.717, 1.165) is 0 Å². The Balaban J connectivity index is -0.000000150. The van der Waals surface area contributed by atoms with Gasteiger partial charge in [0.15, 0.2) is 0 Å². The molecule has 134 valence electrons. The smallest absolute Gasteiger partial charge is 1.00 e. The predicted octanol–water partition coefficient (Wildman–Crippen LogP) is 1.97. The van der Waals surface area contributed by atoms with Crippen LogP contribution in [0.3, 0.4) is 0 Å². The fourth-order valence-electron chi connectivity index (χ4n) is 1.31. The van der Waals surface area contributed by atoms with Crippen LogP contribution in [0.2, 0.25) is 0 Å². The fourth-order valence-corrected chi connectivity index (χ4v) is 1.31. The van der Waals surface area contributed by atoms with E-state index in [9.17, 15) is 9.59 Å². The Morgan fingerprint density at radius 2 is 1.04 bits per heavy atom. The van der Waals surface area contributed by atoms with Crippen molar-refractivity contribution >= 4 is 35.0 Å². The topological polar surface area (TPSA) is 105 Å². The molecule has 0 aromatic heterocycles. The average molecular weight is 359 g/mol. The van der Waals surface area contributed by atoms with E-state index in [1.165, 1.54) is 13.8 Å². The molecule has 6 nitrogen and oxygen atoms in total. The van der Waals surface area contributed by atoms with Crippen LogP contribution in [0.4, 0.5) is 0 Å². The van der Waals surface area contributed by atoms with Crippen molar-refractivity contribution in [3.63, 3.8) is 0 Å². The van der Waals surface area contributed by atoms with Crippen molar-refractivity contribution in [2.45, 2.75) is 13.8 Å². The minimum absolute atomic E-state index is 0. The number of hydrogen-bond acceptors (Lipinski definition) is 6. The molecule has 0 aliphatic heterocycles. The maximum atomic E-state index is 10.4. The summed E-state index contributed by atoms with van der Waals surface area (Å²) in [5.41, 5.74) is 9.81. The Morgan fingerprint density at radius 1 is 0.760 bits per heavy atom. The molecule has 0 fully saturated rings. The van der Waals surface area contributed by atoms with Gasteiger partial charge in [-0.1, -0.05) is 36.4 Å². The summed E-state index contributed by atoms with van der Waals surface area (Å²) >= 11 is 0. The maximum Gasteiger partial charge on any atom is 2.00 e. The number of nitrogens with two attached hydrogens (primary N) is 2. The van der Waals surface area contributed by atoms with E-state index >= 15 is 0 Å². The van der Waals surface area contributed by atoms with Gasteiger partial charge in [-0.15, -0.1) is 0 Å². The van der Waals surface area contributed by atoms with Crippen LogP contribution in [-0.2, 0) is 9.59 Å². The molecule has 0 saturated carbocycles. The zero-order valence-electron chi connectivity index (χ0n) is 16.7. The molecular formula is C18H26MgN2O4. The molecule has 0 heterocycles. The van der Waals surface area contributed by atoms with Crippen molar-refractivity contribution < 1.29 is 21.9 Å². The van der Waals surface area contributed by atoms with Crippen molar-refractivity contribution in [1.29, 1.82) is 0 Å². The van der Waals surface area contributed by atoms with Gasteiger partial charge in [0.05, 0.1) is 0 Å². The SMILES string of the molecule is CC(=O)Oc1ccccc1.CC(=O)Oc1ccccc1.NCCN.[H-].[H-].[Mg+2]. The van der Waals surface area contributed by atoms with Crippen molar-refractivity contribution in [3.05, 3.63) is 60.7 Å². The molecule has 25 heavy (non-hydrogen) atoms. The van der Waals surface area contributed by atoms with Crippen LogP contribution in [0.5, 0.6) is 11.5 Å². The third-order valence-electron chi connectivity index (χ3n) is 2.18. The summed E-state index contributed by atoms with van der Waals surface area (Å²) in [4.78, 5) is 20.8. The first kappa shape index (κ1) is 25.3. The zero-order chi connectivity index (χ0) is 18.2. The van der Waals surface area contributed by atoms with Gasteiger partial charge in [0.1, 0.15) is 11.5 Å². The summed E-state index contributed by atoms with van der Waals surface area (Å²) in [6.07, 6.45) is 0. The molecule has 0 saturated heterocycles. The molecule has 4 N–H and O–H groups in total. The molecule has 2 aromatic rings. The summed E-state index contributed by atoms with van der Waals surface area (Å²) in [6, 6.07) is 18.0. The van der Waals surface area contributed by atoms with Crippen LogP contribution in [0.1, 0.15) is 16.7 Å². The number of rotatable bonds is 3. The monoisotopic (exact) mass is 358 g/mol. The summed E-state index contributed by atoms with van der Waals surface area (Å²) < 4.78 is 9.55. The molecule has 0 atom stereocenters. The van der Waals surface area contributed by atoms with Gasteiger partial charge in [0, 0.05) is 26.9 Å². The molecular weight excluding hydrogens is 333 g/mol.